The number of rotatable bonds is 6. The molecule has 2 heterocycles. The summed E-state index contributed by atoms with van der Waals surface area (Å²) in [6.45, 7) is 1.27. The van der Waals surface area contributed by atoms with Gasteiger partial charge in [-0.15, -0.1) is 0 Å². The predicted molar refractivity (Wildman–Crippen MR) is 107 cm³/mol. The normalized spacial score (nSPS) is 19.4. The summed E-state index contributed by atoms with van der Waals surface area (Å²) < 4.78 is 5.38. The molecule has 156 valence electrons. The molecule has 1 atom stereocenters. The number of aliphatic hydroxyl groups excluding tert-OH is 1. The highest BCUT2D eigenvalue weighted by molar-refractivity contribution is 6.31. The summed E-state index contributed by atoms with van der Waals surface area (Å²) in [5.41, 5.74) is 0.697. The zero-order valence-electron chi connectivity index (χ0n) is 16.1. The smallest absolute Gasteiger partial charge is 0.318 e. The topological polar surface area (TPSA) is 98.9 Å². The van der Waals surface area contributed by atoms with Crippen molar-refractivity contribution in [1.82, 2.24) is 20.3 Å². The fourth-order valence-corrected chi connectivity index (χ4v) is 4.16. The number of urea groups is 1. The average molecular weight is 421 g/mol. The van der Waals surface area contributed by atoms with Gasteiger partial charge in [-0.05, 0) is 43.9 Å². The van der Waals surface area contributed by atoms with Crippen molar-refractivity contribution in [2.24, 2.45) is 0 Å². The van der Waals surface area contributed by atoms with Crippen LogP contribution in [0.15, 0.2) is 22.7 Å². The van der Waals surface area contributed by atoms with Gasteiger partial charge in [-0.25, -0.2) is 4.79 Å². The van der Waals surface area contributed by atoms with E-state index in [-0.39, 0.29) is 43.6 Å². The SMILES string of the molecule is O=C(CCO)N1CCCC(N(C(=O)NCc2onc3ccc(Cl)cc23)C2CC2)C1. The highest BCUT2D eigenvalue weighted by atomic mass is 35.5. The summed E-state index contributed by atoms with van der Waals surface area (Å²) in [5, 5.41) is 17.4. The van der Waals surface area contributed by atoms with E-state index < -0.39 is 0 Å². The first-order valence-corrected chi connectivity index (χ1v) is 10.4. The van der Waals surface area contributed by atoms with E-state index in [2.05, 4.69) is 10.5 Å². The van der Waals surface area contributed by atoms with Gasteiger partial charge < -0.3 is 24.7 Å². The Morgan fingerprint density at radius 1 is 1.31 bits per heavy atom. The summed E-state index contributed by atoms with van der Waals surface area (Å²) in [4.78, 5) is 28.8. The van der Waals surface area contributed by atoms with Crippen LogP contribution in [0.1, 0.15) is 37.9 Å². The first-order valence-electron chi connectivity index (χ1n) is 10.1. The van der Waals surface area contributed by atoms with Crippen molar-refractivity contribution in [3.63, 3.8) is 0 Å². The van der Waals surface area contributed by atoms with Gasteiger partial charge in [0.05, 0.1) is 19.2 Å². The largest absolute Gasteiger partial charge is 0.396 e. The molecule has 1 unspecified atom stereocenters. The standard InChI is InChI=1S/C20H25ClN4O4/c21-13-3-6-17-16(10-13)18(29-23-17)11-22-20(28)25(14-4-5-14)15-2-1-8-24(12-15)19(27)7-9-26/h3,6,10,14-15,26H,1-2,4-5,7-9,11-12H2,(H,22,28). The third-order valence-electron chi connectivity index (χ3n) is 5.56. The molecule has 2 N–H and O–H groups in total. The van der Waals surface area contributed by atoms with E-state index in [1.165, 1.54) is 0 Å². The molecule has 1 aromatic carbocycles. The van der Waals surface area contributed by atoms with Crippen molar-refractivity contribution in [3.8, 4) is 0 Å². The van der Waals surface area contributed by atoms with Crippen LogP contribution in [0, 0.1) is 0 Å². The maximum atomic E-state index is 13.0. The van der Waals surface area contributed by atoms with Gasteiger partial charge in [-0.1, -0.05) is 16.8 Å². The van der Waals surface area contributed by atoms with Crippen molar-refractivity contribution in [2.45, 2.75) is 50.7 Å². The number of aliphatic hydroxyl groups is 1. The Kier molecular flexibility index (Phi) is 5.91. The number of likely N-dealkylation sites (tertiary alicyclic amines) is 1. The van der Waals surface area contributed by atoms with Gasteiger partial charge in [0.25, 0.3) is 0 Å². The van der Waals surface area contributed by atoms with Gasteiger partial charge in [0, 0.05) is 36.0 Å². The van der Waals surface area contributed by atoms with E-state index in [0.29, 0.717) is 29.4 Å². The molecular weight excluding hydrogens is 396 g/mol. The molecule has 0 radical (unpaired) electrons. The number of nitrogens with one attached hydrogen (secondary N) is 1. The summed E-state index contributed by atoms with van der Waals surface area (Å²) in [6, 6.07) is 5.35. The maximum absolute atomic E-state index is 13.0. The zero-order valence-corrected chi connectivity index (χ0v) is 16.9. The lowest BCUT2D eigenvalue weighted by Crippen LogP contribution is -2.54. The summed E-state index contributed by atoms with van der Waals surface area (Å²) in [7, 11) is 0. The number of benzene rings is 1. The second kappa shape index (κ2) is 8.59. The Morgan fingerprint density at radius 3 is 2.90 bits per heavy atom. The average Bonchev–Trinajstić information content (AvgIpc) is 3.47. The van der Waals surface area contributed by atoms with Gasteiger partial charge in [0.1, 0.15) is 5.52 Å². The first kappa shape index (κ1) is 20.0. The van der Waals surface area contributed by atoms with Crippen LogP contribution < -0.4 is 5.32 Å². The number of halogens is 1. The van der Waals surface area contributed by atoms with Gasteiger partial charge >= 0.3 is 6.03 Å². The molecule has 0 bridgehead atoms. The quantitative estimate of drug-likeness (QED) is 0.748. The van der Waals surface area contributed by atoms with Crippen LogP contribution in [0.4, 0.5) is 4.79 Å². The Morgan fingerprint density at radius 2 is 2.14 bits per heavy atom. The molecule has 1 aromatic heterocycles. The predicted octanol–water partition coefficient (Wildman–Crippen LogP) is 2.53. The van der Waals surface area contributed by atoms with Crippen LogP contribution in [0.2, 0.25) is 5.02 Å². The molecule has 2 aliphatic rings. The minimum Gasteiger partial charge on any atom is -0.396 e. The van der Waals surface area contributed by atoms with E-state index in [1.54, 1.807) is 23.1 Å². The van der Waals surface area contributed by atoms with E-state index in [0.717, 1.165) is 31.1 Å². The lowest BCUT2D eigenvalue weighted by molar-refractivity contribution is -0.133. The van der Waals surface area contributed by atoms with Crippen molar-refractivity contribution in [2.75, 3.05) is 19.7 Å². The van der Waals surface area contributed by atoms with E-state index in [9.17, 15) is 9.59 Å². The van der Waals surface area contributed by atoms with Crippen molar-refractivity contribution in [1.29, 1.82) is 0 Å². The van der Waals surface area contributed by atoms with E-state index in [1.807, 2.05) is 4.90 Å². The molecule has 1 saturated carbocycles. The van der Waals surface area contributed by atoms with Crippen LogP contribution in [-0.4, -0.2) is 63.8 Å². The lowest BCUT2D eigenvalue weighted by atomic mass is 10.0. The molecule has 3 amide bonds. The Labute approximate surface area is 173 Å². The van der Waals surface area contributed by atoms with E-state index >= 15 is 0 Å². The number of hydrogen-bond donors (Lipinski definition) is 2. The molecule has 1 aliphatic carbocycles. The zero-order chi connectivity index (χ0) is 20.4. The number of carbonyl (C=O) groups excluding carboxylic acids is 2. The minimum atomic E-state index is -0.152. The van der Waals surface area contributed by atoms with Gasteiger partial charge in [0.2, 0.25) is 5.91 Å². The van der Waals surface area contributed by atoms with Crippen LogP contribution >= 0.6 is 11.6 Å². The molecule has 0 spiro atoms. The van der Waals surface area contributed by atoms with Crippen LogP contribution in [0.25, 0.3) is 10.9 Å². The minimum absolute atomic E-state index is 0.0141. The van der Waals surface area contributed by atoms with E-state index in [4.69, 9.17) is 21.2 Å². The number of hydrogen-bond acceptors (Lipinski definition) is 5. The van der Waals surface area contributed by atoms with Crippen LogP contribution in [-0.2, 0) is 11.3 Å². The second-order valence-corrected chi connectivity index (χ2v) is 8.11. The van der Waals surface area contributed by atoms with Gasteiger partial charge in [0.15, 0.2) is 5.76 Å². The number of piperidine rings is 1. The first-order chi connectivity index (χ1) is 14.1. The summed E-state index contributed by atoms with van der Waals surface area (Å²) in [6.07, 6.45) is 3.81. The molecule has 8 nitrogen and oxygen atoms in total. The highest BCUT2D eigenvalue weighted by Gasteiger charge is 2.39. The molecule has 4 rings (SSSR count). The van der Waals surface area contributed by atoms with Crippen LogP contribution in [0.5, 0.6) is 0 Å². The Balaban J connectivity index is 1.42. The van der Waals surface area contributed by atoms with Gasteiger partial charge in [-0.2, -0.15) is 0 Å². The summed E-state index contributed by atoms with van der Waals surface area (Å²) in [5.74, 6) is 0.508. The van der Waals surface area contributed by atoms with Crippen molar-refractivity contribution in [3.05, 3.63) is 29.0 Å². The number of nitrogens with zero attached hydrogens (tertiary/aromatic N) is 3. The molecule has 29 heavy (non-hydrogen) atoms. The third-order valence-corrected chi connectivity index (χ3v) is 5.79. The van der Waals surface area contributed by atoms with Crippen molar-refractivity contribution < 1.29 is 19.2 Å². The number of amides is 3. The monoisotopic (exact) mass is 420 g/mol. The molecular formula is C20H25ClN4O4. The molecule has 1 aliphatic heterocycles. The highest BCUT2D eigenvalue weighted by Crippen LogP contribution is 2.32. The number of fused-ring (bicyclic) bond motifs is 1. The van der Waals surface area contributed by atoms with Crippen LogP contribution in [0.3, 0.4) is 0 Å². The fourth-order valence-electron chi connectivity index (χ4n) is 3.98. The molecule has 2 fully saturated rings. The molecule has 2 aromatic rings. The maximum Gasteiger partial charge on any atom is 0.318 e. The summed E-state index contributed by atoms with van der Waals surface area (Å²) >= 11 is 6.06. The van der Waals surface area contributed by atoms with Gasteiger partial charge in [-0.3, -0.25) is 4.79 Å². The number of carbonyl (C=O) groups is 2. The Hall–Kier alpha value is -2.32. The number of aromatic nitrogens is 1. The lowest BCUT2D eigenvalue weighted by Gasteiger charge is -2.39. The third kappa shape index (κ3) is 4.48. The second-order valence-electron chi connectivity index (χ2n) is 7.67. The molecule has 1 saturated heterocycles. The fraction of sp³-hybridized carbons (Fsp3) is 0.550. The van der Waals surface area contributed by atoms with Crippen molar-refractivity contribution >= 4 is 34.4 Å². The Bertz CT molecular complexity index is 898. The molecule has 9 heteroatoms.